The highest BCUT2D eigenvalue weighted by atomic mass is 31.1. The molecule has 28 heavy (non-hydrogen) atoms. The van der Waals surface area contributed by atoms with Crippen LogP contribution in [0.15, 0.2) is 24.6 Å². The van der Waals surface area contributed by atoms with E-state index in [0.29, 0.717) is 11.2 Å². The van der Waals surface area contributed by atoms with Crippen LogP contribution in [-0.2, 0) is 23.6 Å². The third-order valence-corrected chi connectivity index (χ3v) is 5.01. The molecule has 13 heteroatoms. The maximum Gasteiger partial charge on any atom is 0.323 e. The van der Waals surface area contributed by atoms with E-state index in [1.807, 2.05) is 0 Å². The Hall–Kier alpha value is -2.40. The van der Waals surface area contributed by atoms with Crippen molar-refractivity contribution in [3.8, 4) is 0 Å². The van der Waals surface area contributed by atoms with Gasteiger partial charge in [0.1, 0.15) is 24.2 Å². The third-order valence-electron chi connectivity index (χ3n) is 3.83. The van der Waals surface area contributed by atoms with E-state index >= 15 is 0 Å². The van der Waals surface area contributed by atoms with Crippen molar-refractivity contribution in [2.24, 2.45) is 0 Å². The van der Waals surface area contributed by atoms with E-state index in [0.717, 1.165) is 6.08 Å². The van der Waals surface area contributed by atoms with Crippen molar-refractivity contribution in [2.45, 2.75) is 32.4 Å². The Kier molecular flexibility index (Phi) is 6.35. The maximum absolute atomic E-state index is 14.3. The van der Waals surface area contributed by atoms with Gasteiger partial charge in [-0.1, -0.05) is 0 Å². The lowest BCUT2D eigenvalue weighted by atomic mass is 10.4. The van der Waals surface area contributed by atoms with Gasteiger partial charge in [-0.15, -0.1) is 0 Å². The highest BCUT2D eigenvalue weighted by Gasteiger charge is 2.31. The highest BCUT2D eigenvalue weighted by Crippen LogP contribution is 2.33. The van der Waals surface area contributed by atoms with Crippen molar-refractivity contribution in [1.29, 1.82) is 0 Å². The summed E-state index contributed by atoms with van der Waals surface area (Å²) in [4.78, 5) is 23.5. The quantitative estimate of drug-likeness (QED) is 0.476. The van der Waals surface area contributed by atoms with E-state index < -0.39 is 38.3 Å². The average molecular weight is 414 g/mol. The average Bonchev–Trinajstić information content (AvgIpc) is 3.24. The highest BCUT2D eigenvalue weighted by molar-refractivity contribution is 7.42. The molecule has 11 nitrogen and oxygen atoms in total. The van der Waals surface area contributed by atoms with Crippen LogP contribution in [0.25, 0.3) is 11.2 Å². The van der Waals surface area contributed by atoms with Crippen LogP contribution in [0, 0.1) is 0 Å². The topological polar surface area (TPSA) is 143 Å². The molecule has 0 spiro atoms. The largest absolute Gasteiger partial charge is 0.465 e. The van der Waals surface area contributed by atoms with Crippen molar-refractivity contribution >= 4 is 30.9 Å². The minimum atomic E-state index is -2.48. The van der Waals surface area contributed by atoms with E-state index in [1.165, 1.54) is 24.1 Å². The van der Waals surface area contributed by atoms with Gasteiger partial charge in [-0.3, -0.25) is 14.4 Å². The number of hydrogen-bond acceptors (Lipinski definition) is 9. The Morgan fingerprint density at radius 1 is 1.50 bits per heavy atom. The van der Waals surface area contributed by atoms with Gasteiger partial charge in [0.05, 0.1) is 12.9 Å². The van der Waals surface area contributed by atoms with Crippen LogP contribution in [0.4, 0.5) is 10.2 Å². The molecule has 0 bridgehead atoms. The Balaban J connectivity index is 1.57. The van der Waals surface area contributed by atoms with E-state index in [4.69, 9.17) is 19.9 Å². The van der Waals surface area contributed by atoms with Crippen LogP contribution in [0.5, 0.6) is 0 Å². The molecule has 0 radical (unpaired) electrons. The summed E-state index contributed by atoms with van der Waals surface area (Å²) in [7, 11) is -2.48. The fourth-order valence-electron chi connectivity index (χ4n) is 2.54. The number of hydrogen-bond donors (Lipinski definition) is 2. The Morgan fingerprint density at radius 3 is 3.04 bits per heavy atom. The minimum absolute atomic E-state index is 0.166. The Labute approximate surface area is 159 Å². The fourth-order valence-corrected chi connectivity index (χ4v) is 3.54. The molecule has 0 aromatic carbocycles. The summed E-state index contributed by atoms with van der Waals surface area (Å²) in [6.45, 7) is 3.43. The standard InChI is InChI=1S/C15H20FN6O5P/c1-3-25-15(23)8(2)21-28(24)7-26-10-4-9(16)14(27-10)22-6-20-11-12(17)18-5-19-13(11)22/h4-6,8,10,14,28H,3,7H2,1-2H3,(H,21,24)(H2,17,18,19)/t8-,10-,14+/m0/s1. The fraction of sp³-hybridized carbons (Fsp3) is 0.467. The predicted molar refractivity (Wildman–Crippen MR) is 97.0 cm³/mol. The SMILES string of the molecule is CCOC(=O)[C@H](C)N[PH](=O)CO[C@@H]1C=C(F)[C@H](n2cnc3c(N)ncnc32)O1. The van der Waals surface area contributed by atoms with Crippen molar-refractivity contribution in [1.82, 2.24) is 24.6 Å². The van der Waals surface area contributed by atoms with E-state index in [1.54, 1.807) is 6.92 Å². The number of imidazole rings is 1. The smallest absolute Gasteiger partial charge is 0.323 e. The molecule has 0 saturated heterocycles. The van der Waals surface area contributed by atoms with Crippen LogP contribution in [0.3, 0.4) is 0 Å². The molecule has 4 atom stereocenters. The molecule has 2 aromatic heterocycles. The molecule has 0 amide bonds. The predicted octanol–water partition coefficient (Wildman–Crippen LogP) is 1.11. The van der Waals surface area contributed by atoms with E-state index in [-0.39, 0.29) is 18.8 Å². The van der Waals surface area contributed by atoms with Crippen molar-refractivity contribution in [3.05, 3.63) is 24.6 Å². The van der Waals surface area contributed by atoms with Gasteiger partial charge >= 0.3 is 5.97 Å². The molecule has 0 saturated carbocycles. The molecular weight excluding hydrogens is 394 g/mol. The first kappa shape index (κ1) is 20.3. The van der Waals surface area contributed by atoms with Crippen molar-refractivity contribution in [3.63, 3.8) is 0 Å². The zero-order valence-electron chi connectivity index (χ0n) is 15.2. The number of carbonyl (C=O) groups is 1. The van der Waals surface area contributed by atoms with Crippen molar-refractivity contribution < 1.29 is 28.0 Å². The Bertz CT molecular complexity index is 921. The van der Waals surface area contributed by atoms with Gasteiger partial charge in [0.15, 0.2) is 37.8 Å². The summed E-state index contributed by atoms with van der Waals surface area (Å²) in [5.41, 5.74) is 6.35. The lowest BCUT2D eigenvalue weighted by Gasteiger charge is -2.17. The number of nitrogens with zero attached hydrogens (tertiary/aromatic N) is 4. The normalized spacial score (nSPS) is 21.5. The van der Waals surface area contributed by atoms with Gasteiger partial charge in [-0.25, -0.2) is 19.3 Å². The number of nitrogen functional groups attached to an aromatic ring is 1. The Morgan fingerprint density at radius 2 is 2.29 bits per heavy atom. The number of rotatable bonds is 8. The molecule has 0 aliphatic carbocycles. The van der Waals surface area contributed by atoms with Crippen LogP contribution in [-0.4, -0.2) is 50.8 Å². The number of aromatic nitrogens is 4. The van der Waals surface area contributed by atoms with E-state index in [9.17, 15) is 13.8 Å². The molecule has 1 aliphatic heterocycles. The summed E-state index contributed by atoms with van der Waals surface area (Å²) in [6.07, 6.45) is 1.23. The minimum Gasteiger partial charge on any atom is -0.465 e. The first-order valence-corrected chi connectivity index (χ1v) is 10.1. The van der Waals surface area contributed by atoms with Gasteiger partial charge in [0.2, 0.25) is 0 Å². The molecular formula is C15H20FN6O5P. The maximum atomic E-state index is 14.3. The lowest BCUT2D eigenvalue weighted by Crippen LogP contribution is -2.31. The molecule has 1 unspecified atom stereocenters. The molecule has 152 valence electrons. The van der Waals surface area contributed by atoms with Crippen LogP contribution >= 0.6 is 7.95 Å². The first-order chi connectivity index (χ1) is 13.4. The van der Waals surface area contributed by atoms with E-state index in [2.05, 4.69) is 20.0 Å². The number of ether oxygens (including phenoxy) is 3. The van der Waals surface area contributed by atoms with Crippen LogP contribution in [0.2, 0.25) is 0 Å². The number of anilines is 1. The van der Waals surface area contributed by atoms with Gasteiger partial charge < -0.3 is 24.5 Å². The monoisotopic (exact) mass is 414 g/mol. The summed E-state index contributed by atoms with van der Waals surface area (Å²) < 4.78 is 43.4. The van der Waals surface area contributed by atoms with Crippen molar-refractivity contribution in [2.75, 3.05) is 18.7 Å². The molecule has 3 heterocycles. The van der Waals surface area contributed by atoms with Gasteiger partial charge in [0, 0.05) is 6.08 Å². The zero-order valence-corrected chi connectivity index (χ0v) is 16.2. The van der Waals surface area contributed by atoms with Crippen LogP contribution in [0.1, 0.15) is 20.1 Å². The second-order valence-corrected chi connectivity index (χ2v) is 7.27. The zero-order chi connectivity index (χ0) is 20.3. The number of carbonyl (C=O) groups excluding carboxylic acids is 1. The first-order valence-electron chi connectivity index (χ1n) is 8.44. The van der Waals surface area contributed by atoms with Gasteiger partial charge in [0.25, 0.3) is 0 Å². The number of esters is 1. The summed E-state index contributed by atoms with van der Waals surface area (Å²) in [5, 5.41) is 2.60. The lowest BCUT2D eigenvalue weighted by molar-refractivity contribution is -0.144. The number of halogens is 1. The molecule has 2 aromatic rings. The van der Waals surface area contributed by atoms with Crippen LogP contribution < -0.4 is 10.8 Å². The summed E-state index contributed by atoms with van der Waals surface area (Å²) in [5.74, 6) is -0.967. The summed E-state index contributed by atoms with van der Waals surface area (Å²) >= 11 is 0. The van der Waals surface area contributed by atoms with Gasteiger partial charge in [-0.05, 0) is 13.8 Å². The third kappa shape index (κ3) is 4.36. The molecule has 0 fully saturated rings. The second-order valence-electron chi connectivity index (χ2n) is 5.84. The number of nitrogens with two attached hydrogens (primary N) is 1. The molecule has 1 aliphatic rings. The second kappa shape index (κ2) is 8.74. The molecule has 3 rings (SSSR count). The number of nitrogens with one attached hydrogen (secondary N) is 1. The number of fused-ring (bicyclic) bond motifs is 1. The van der Waals surface area contributed by atoms with Gasteiger partial charge in [-0.2, -0.15) is 0 Å². The summed E-state index contributed by atoms with van der Waals surface area (Å²) in [6, 6.07) is -0.748. The molecule has 3 N–H and O–H groups in total.